The highest BCUT2D eigenvalue weighted by Crippen LogP contribution is 2.23. The second-order valence-electron chi connectivity index (χ2n) is 4.03. The minimum Gasteiger partial charge on any atom is -0.493 e. The molecule has 78 valence electrons. The van der Waals surface area contributed by atoms with Gasteiger partial charge in [-0.3, -0.25) is 0 Å². The van der Waals surface area contributed by atoms with Crippen LogP contribution in [-0.4, -0.2) is 6.61 Å². The van der Waals surface area contributed by atoms with E-state index in [0.717, 1.165) is 17.9 Å². The van der Waals surface area contributed by atoms with E-state index in [1.54, 1.807) is 0 Å². The van der Waals surface area contributed by atoms with Gasteiger partial charge in [0.1, 0.15) is 5.75 Å². The Balaban J connectivity index is 2.74. The molecule has 1 aromatic rings. The molecule has 0 fully saturated rings. The van der Waals surface area contributed by atoms with E-state index in [1.165, 1.54) is 0 Å². The molecule has 0 unspecified atom stereocenters. The Morgan fingerprint density at radius 1 is 1.21 bits per heavy atom. The summed E-state index contributed by atoms with van der Waals surface area (Å²) >= 11 is 0. The summed E-state index contributed by atoms with van der Waals surface area (Å²) in [7, 11) is 0. The van der Waals surface area contributed by atoms with Crippen molar-refractivity contribution in [1.82, 2.24) is 0 Å². The van der Waals surface area contributed by atoms with Gasteiger partial charge in [-0.25, -0.2) is 0 Å². The Labute approximate surface area is 86.1 Å². The van der Waals surface area contributed by atoms with Gasteiger partial charge in [0, 0.05) is 11.6 Å². The van der Waals surface area contributed by atoms with Crippen LogP contribution in [0.25, 0.3) is 0 Å². The quantitative estimate of drug-likeness (QED) is 0.798. The fraction of sp³-hybridized carbons (Fsp3) is 0.500. The first-order valence-electron chi connectivity index (χ1n) is 5.08. The van der Waals surface area contributed by atoms with Crippen LogP contribution in [-0.2, 0) is 0 Å². The molecule has 0 spiro atoms. The van der Waals surface area contributed by atoms with Crippen molar-refractivity contribution in [2.75, 3.05) is 6.61 Å². The van der Waals surface area contributed by atoms with E-state index in [4.69, 9.17) is 10.5 Å². The maximum absolute atomic E-state index is 5.84. The summed E-state index contributed by atoms with van der Waals surface area (Å²) < 4.78 is 5.68. The molecule has 0 amide bonds. The summed E-state index contributed by atoms with van der Waals surface area (Å²) in [5.41, 5.74) is 6.92. The van der Waals surface area contributed by atoms with Gasteiger partial charge in [-0.15, -0.1) is 0 Å². The highest BCUT2D eigenvalue weighted by molar-refractivity contribution is 5.35. The van der Waals surface area contributed by atoms with Gasteiger partial charge in [-0.1, -0.05) is 32.0 Å². The molecule has 0 aromatic heterocycles. The van der Waals surface area contributed by atoms with Crippen LogP contribution in [0, 0.1) is 5.92 Å². The van der Waals surface area contributed by atoms with Crippen LogP contribution in [0.5, 0.6) is 5.75 Å². The SMILES string of the molecule is CC(C)COc1ccccc1[C@@H](C)N. The van der Waals surface area contributed by atoms with Crippen molar-refractivity contribution < 1.29 is 4.74 Å². The molecule has 1 atom stereocenters. The van der Waals surface area contributed by atoms with Crippen LogP contribution in [0.4, 0.5) is 0 Å². The van der Waals surface area contributed by atoms with Gasteiger partial charge in [0.2, 0.25) is 0 Å². The topological polar surface area (TPSA) is 35.2 Å². The largest absolute Gasteiger partial charge is 0.493 e. The third-order valence-corrected chi connectivity index (χ3v) is 1.98. The Hall–Kier alpha value is -1.02. The van der Waals surface area contributed by atoms with Crippen molar-refractivity contribution in [3.05, 3.63) is 29.8 Å². The lowest BCUT2D eigenvalue weighted by Gasteiger charge is -2.14. The third-order valence-electron chi connectivity index (χ3n) is 1.98. The number of para-hydroxylation sites is 1. The lowest BCUT2D eigenvalue weighted by Crippen LogP contribution is -2.10. The number of rotatable bonds is 4. The summed E-state index contributed by atoms with van der Waals surface area (Å²) in [6, 6.07) is 7.97. The van der Waals surface area contributed by atoms with Gasteiger partial charge in [-0.05, 0) is 18.9 Å². The van der Waals surface area contributed by atoms with E-state index in [0.29, 0.717) is 5.92 Å². The molecule has 2 heteroatoms. The standard InChI is InChI=1S/C12H19NO/c1-9(2)8-14-12-7-5-4-6-11(12)10(3)13/h4-7,9-10H,8,13H2,1-3H3/t10-/m1/s1. The maximum atomic E-state index is 5.84. The minimum absolute atomic E-state index is 0.0263. The fourth-order valence-corrected chi connectivity index (χ4v) is 1.24. The third kappa shape index (κ3) is 3.04. The molecule has 2 nitrogen and oxygen atoms in total. The normalized spacial score (nSPS) is 12.9. The number of benzene rings is 1. The zero-order chi connectivity index (χ0) is 10.6. The average Bonchev–Trinajstić information content (AvgIpc) is 2.15. The van der Waals surface area contributed by atoms with E-state index < -0.39 is 0 Å². The van der Waals surface area contributed by atoms with Gasteiger partial charge in [0.25, 0.3) is 0 Å². The first kappa shape index (κ1) is 11.1. The highest BCUT2D eigenvalue weighted by atomic mass is 16.5. The molecule has 0 saturated carbocycles. The molecular formula is C12H19NO. The van der Waals surface area contributed by atoms with Gasteiger partial charge in [-0.2, -0.15) is 0 Å². The van der Waals surface area contributed by atoms with Gasteiger partial charge >= 0.3 is 0 Å². The van der Waals surface area contributed by atoms with E-state index in [1.807, 2.05) is 31.2 Å². The average molecular weight is 193 g/mol. The highest BCUT2D eigenvalue weighted by Gasteiger charge is 2.07. The minimum atomic E-state index is 0.0263. The summed E-state index contributed by atoms with van der Waals surface area (Å²) in [5.74, 6) is 1.45. The number of ether oxygens (including phenoxy) is 1. The molecule has 0 aliphatic carbocycles. The van der Waals surface area contributed by atoms with Crippen molar-refractivity contribution in [3.63, 3.8) is 0 Å². The van der Waals surface area contributed by atoms with Crippen molar-refractivity contribution in [2.24, 2.45) is 11.7 Å². The zero-order valence-corrected chi connectivity index (χ0v) is 9.16. The second-order valence-corrected chi connectivity index (χ2v) is 4.03. The number of hydrogen-bond acceptors (Lipinski definition) is 2. The van der Waals surface area contributed by atoms with Crippen LogP contribution in [0.3, 0.4) is 0 Å². The van der Waals surface area contributed by atoms with Crippen LogP contribution in [0.15, 0.2) is 24.3 Å². The molecule has 0 aliphatic heterocycles. The number of nitrogens with two attached hydrogens (primary N) is 1. The van der Waals surface area contributed by atoms with Crippen LogP contribution in [0.2, 0.25) is 0 Å². The molecule has 0 radical (unpaired) electrons. The lowest BCUT2D eigenvalue weighted by atomic mass is 10.1. The maximum Gasteiger partial charge on any atom is 0.124 e. The summed E-state index contributed by atoms with van der Waals surface area (Å²) in [4.78, 5) is 0. The van der Waals surface area contributed by atoms with Crippen molar-refractivity contribution in [3.8, 4) is 5.75 Å². The molecular weight excluding hydrogens is 174 g/mol. The Kier molecular flexibility index (Phi) is 3.96. The van der Waals surface area contributed by atoms with Crippen LogP contribution in [0.1, 0.15) is 32.4 Å². The molecule has 0 heterocycles. The zero-order valence-electron chi connectivity index (χ0n) is 9.16. The van der Waals surface area contributed by atoms with Crippen molar-refractivity contribution in [1.29, 1.82) is 0 Å². The van der Waals surface area contributed by atoms with E-state index in [2.05, 4.69) is 13.8 Å². The van der Waals surface area contributed by atoms with Crippen LogP contribution >= 0.6 is 0 Å². The second kappa shape index (κ2) is 5.01. The Morgan fingerprint density at radius 2 is 1.86 bits per heavy atom. The molecule has 0 bridgehead atoms. The molecule has 1 rings (SSSR count). The van der Waals surface area contributed by atoms with Gasteiger partial charge in [0.05, 0.1) is 6.61 Å². The summed E-state index contributed by atoms with van der Waals surface area (Å²) in [6.45, 7) is 6.98. The van der Waals surface area contributed by atoms with Crippen molar-refractivity contribution >= 4 is 0 Å². The predicted octanol–water partition coefficient (Wildman–Crippen LogP) is 2.74. The Morgan fingerprint density at radius 3 is 2.43 bits per heavy atom. The van der Waals surface area contributed by atoms with Gasteiger partial charge < -0.3 is 10.5 Å². The first-order chi connectivity index (χ1) is 6.61. The molecule has 1 aromatic carbocycles. The van der Waals surface area contributed by atoms with Crippen LogP contribution < -0.4 is 10.5 Å². The smallest absolute Gasteiger partial charge is 0.124 e. The molecule has 0 aliphatic rings. The monoisotopic (exact) mass is 193 g/mol. The van der Waals surface area contributed by atoms with Crippen molar-refractivity contribution in [2.45, 2.75) is 26.8 Å². The predicted molar refractivity (Wildman–Crippen MR) is 59.4 cm³/mol. The first-order valence-corrected chi connectivity index (χ1v) is 5.08. The molecule has 14 heavy (non-hydrogen) atoms. The molecule has 2 N–H and O–H groups in total. The summed E-state index contributed by atoms with van der Waals surface area (Å²) in [6.07, 6.45) is 0. The van der Waals surface area contributed by atoms with Gasteiger partial charge in [0.15, 0.2) is 0 Å². The van der Waals surface area contributed by atoms with E-state index in [-0.39, 0.29) is 6.04 Å². The molecule has 0 saturated heterocycles. The van der Waals surface area contributed by atoms with E-state index in [9.17, 15) is 0 Å². The summed E-state index contributed by atoms with van der Waals surface area (Å²) in [5, 5.41) is 0. The Bertz CT molecular complexity index is 281. The lowest BCUT2D eigenvalue weighted by molar-refractivity contribution is 0.267. The van der Waals surface area contributed by atoms with E-state index >= 15 is 0 Å². The number of hydrogen-bond donors (Lipinski definition) is 1. The fourth-order valence-electron chi connectivity index (χ4n) is 1.24.